The zero-order valence-corrected chi connectivity index (χ0v) is 18.9. The van der Waals surface area contributed by atoms with E-state index < -0.39 is 0 Å². The van der Waals surface area contributed by atoms with Gasteiger partial charge in [0.1, 0.15) is 5.69 Å². The number of anilines is 3. The molecule has 172 valence electrons. The van der Waals surface area contributed by atoms with Crippen molar-refractivity contribution >= 4 is 33.9 Å². The highest BCUT2D eigenvalue weighted by Gasteiger charge is 2.24. The average molecular weight is 447 g/mol. The zero-order valence-electron chi connectivity index (χ0n) is 18.9. The summed E-state index contributed by atoms with van der Waals surface area (Å²) >= 11 is 0. The lowest BCUT2D eigenvalue weighted by Crippen LogP contribution is -2.46. The second-order valence-electron chi connectivity index (χ2n) is 9.03. The van der Waals surface area contributed by atoms with Crippen molar-refractivity contribution in [3.8, 4) is 0 Å². The first-order valence-corrected chi connectivity index (χ1v) is 11.6. The Balaban J connectivity index is 1.38. The summed E-state index contributed by atoms with van der Waals surface area (Å²) in [5.74, 6) is 0.241. The molecule has 2 aromatic heterocycles. The van der Waals surface area contributed by atoms with E-state index in [-0.39, 0.29) is 11.9 Å². The Hall–Kier alpha value is -3.23. The van der Waals surface area contributed by atoms with Gasteiger partial charge in [-0.3, -0.25) is 9.78 Å². The summed E-state index contributed by atoms with van der Waals surface area (Å²) in [6.45, 7) is 7.02. The van der Waals surface area contributed by atoms with Crippen molar-refractivity contribution in [2.75, 3.05) is 54.5 Å². The molecule has 1 amide bonds. The number of nitrogens with zero attached hydrogens (tertiary/aromatic N) is 4. The first kappa shape index (κ1) is 21.6. The first-order chi connectivity index (χ1) is 16.1. The number of pyridine rings is 2. The molecule has 2 unspecified atom stereocenters. The molecule has 0 spiro atoms. The third-order valence-electron chi connectivity index (χ3n) is 6.36. The number of carbonyl (C=O) groups is 1. The highest BCUT2D eigenvalue weighted by atomic mass is 16.5. The molecule has 0 bridgehead atoms. The fraction of sp³-hybridized carbons (Fsp3) is 0.400. The van der Waals surface area contributed by atoms with Crippen LogP contribution in [0.1, 0.15) is 23.8 Å². The van der Waals surface area contributed by atoms with Gasteiger partial charge in [0, 0.05) is 49.5 Å². The molecule has 3 N–H and O–H groups in total. The number of rotatable bonds is 4. The van der Waals surface area contributed by atoms with Gasteiger partial charge in [-0.2, -0.15) is 0 Å². The van der Waals surface area contributed by atoms with E-state index in [0.29, 0.717) is 17.3 Å². The van der Waals surface area contributed by atoms with Crippen molar-refractivity contribution < 1.29 is 9.53 Å². The molecule has 1 aromatic carbocycles. The Morgan fingerprint density at radius 1 is 1.12 bits per heavy atom. The van der Waals surface area contributed by atoms with Crippen molar-refractivity contribution in [2.45, 2.75) is 19.4 Å². The number of hydrogen-bond acceptors (Lipinski definition) is 7. The van der Waals surface area contributed by atoms with Gasteiger partial charge in [-0.15, -0.1) is 0 Å². The van der Waals surface area contributed by atoms with Gasteiger partial charge in [0.25, 0.3) is 5.91 Å². The predicted octanol–water partition coefficient (Wildman–Crippen LogP) is 2.89. The van der Waals surface area contributed by atoms with Crippen molar-refractivity contribution in [1.82, 2.24) is 9.97 Å². The Bertz CT molecular complexity index is 1140. The monoisotopic (exact) mass is 446 g/mol. The summed E-state index contributed by atoms with van der Waals surface area (Å²) in [5, 5.41) is 4.02. The van der Waals surface area contributed by atoms with E-state index >= 15 is 0 Å². The topological polar surface area (TPSA) is 96.6 Å². The van der Waals surface area contributed by atoms with Gasteiger partial charge >= 0.3 is 0 Å². The Kier molecular flexibility index (Phi) is 6.11. The molecule has 2 aliphatic heterocycles. The number of morpholine rings is 1. The molecule has 2 fully saturated rings. The number of aromatic nitrogens is 2. The van der Waals surface area contributed by atoms with Gasteiger partial charge in [0.2, 0.25) is 0 Å². The van der Waals surface area contributed by atoms with Crippen LogP contribution in [0, 0.1) is 5.92 Å². The minimum absolute atomic E-state index is 0.119. The van der Waals surface area contributed by atoms with Crippen LogP contribution in [-0.2, 0) is 4.74 Å². The first-order valence-electron chi connectivity index (χ1n) is 11.6. The van der Waals surface area contributed by atoms with Crippen LogP contribution in [0.15, 0.2) is 48.8 Å². The summed E-state index contributed by atoms with van der Waals surface area (Å²) in [5.41, 5.74) is 10.1. The normalized spacial score (nSPS) is 21.3. The molecule has 5 rings (SSSR count). The number of amides is 1. The van der Waals surface area contributed by atoms with E-state index in [4.69, 9.17) is 10.5 Å². The van der Waals surface area contributed by atoms with Gasteiger partial charge in [0.05, 0.1) is 36.3 Å². The molecular weight excluding hydrogens is 416 g/mol. The number of carbonyl (C=O) groups excluding carboxylic acids is 1. The molecule has 2 aliphatic rings. The van der Waals surface area contributed by atoms with E-state index in [2.05, 4.69) is 44.1 Å². The number of benzene rings is 1. The van der Waals surface area contributed by atoms with Gasteiger partial charge in [-0.25, -0.2) is 4.98 Å². The lowest BCUT2D eigenvalue weighted by atomic mass is 9.96. The van der Waals surface area contributed by atoms with Crippen molar-refractivity contribution in [1.29, 1.82) is 0 Å². The molecule has 33 heavy (non-hydrogen) atoms. The number of fused-ring (bicyclic) bond motifs is 1. The molecule has 2 saturated heterocycles. The van der Waals surface area contributed by atoms with Crippen LogP contribution in [0.5, 0.6) is 0 Å². The summed E-state index contributed by atoms with van der Waals surface area (Å²) < 4.78 is 5.46. The van der Waals surface area contributed by atoms with Crippen LogP contribution in [0.25, 0.3) is 10.9 Å². The molecule has 0 saturated carbocycles. The lowest BCUT2D eigenvalue weighted by Gasteiger charge is -2.37. The molecule has 2 atom stereocenters. The summed E-state index contributed by atoms with van der Waals surface area (Å²) in [7, 11) is 0. The van der Waals surface area contributed by atoms with Crippen LogP contribution in [0.3, 0.4) is 0 Å². The highest BCUT2D eigenvalue weighted by Crippen LogP contribution is 2.29. The maximum absolute atomic E-state index is 13.1. The fourth-order valence-electron chi connectivity index (χ4n) is 4.79. The van der Waals surface area contributed by atoms with Gasteiger partial charge in [-0.05, 0) is 36.6 Å². The summed E-state index contributed by atoms with van der Waals surface area (Å²) in [4.78, 5) is 26.6. The Labute approximate surface area is 193 Å². The molecule has 0 aliphatic carbocycles. The van der Waals surface area contributed by atoms with Gasteiger partial charge in [0.15, 0.2) is 0 Å². The number of nitrogens with two attached hydrogens (primary N) is 1. The minimum atomic E-state index is -0.253. The predicted molar refractivity (Wildman–Crippen MR) is 131 cm³/mol. The minimum Gasteiger partial charge on any atom is -0.378 e. The largest absolute Gasteiger partial charge is 0.378 e. The van der Waals surface area contributed by atoms with E-state index in [1.165, 1.54) is 0 Å². The number of piperidine rings is 1. The molecular formula is C25H30N6O2. The summed E-state index contributed by atoms with van der Waals surface area (Å²) in [6.07, 6.45) is 4.45. The van der Waals surface area contributed by atoms with Crippen LogP contribution in [0.2, 0.25) is 0 Å². The Morgan fingerprint density at radius 2 is 1.94 bits per heavy atom. The van der Waals surface area contributed by atoms with E-state index in [9.17, 15) is 4.79 Å². The Morgan fingerprint density at radius 3 is 2.76 bits per heavy atom. The fourth-order valence-corrected chi connectivity index (χ4v) is 4.79. The third-order valence-corrected chi connectivity index (χ3v) is 6.36. The SMILES string of the molecule is CC1CC(N)CN(c2ccncc2NC(=O)c2ccc3ccc(N4CCOCC4)cc3n2)C1. The molecule has 8 nitrogen and oxygen atoms in total. The molecule has 8 heteroatoms. The van der Waals surface area contributed by atoms with Crippen LogP contribution >= 0.6 is 0 Å². The average Bonchev–Trinajstić information content (AvgIpc) is 2.83. The number of nitrogens with one attached hydrogen (secondary N) is 1. The quantitative estimate of drug-likeness (QED) is 0.636. The third kappa shape index (κ3) is 4.77. The zero-order chi connectivity index (χ0) is 22.8. The smallest absolute Gasteiger partial charge is 0.274 e. The van der Waals surface area contributed by atoms with Crippen molar-refractivity contribution in [2.24, 2.45) is 11.7 Å². The standard InChI is InChI=1S/C25H30N6O2/c1-17-12-19(26)16-31(15-17)24-6-7-27-14-23(24)29-25(32)21-5-3-18-2-4-20(13-22(18)28-21)30-8-10-33-11-9-30/h2-7,13-14,17,19H,8-12,15-16,26H2,1H3,(H,29,32). The van der Waals surface area contributed by atoms with E-state index in [1.54, 1.807) is 18.5 Å². The van der Waals surface area contributed by atoms with Crippen LogP contribution in [0.4, 0.5) is 17.1 Å². The summed E-state index contributed by atoms with van der Waals surface area (Å²) in [6, 6.07) is 12.0. The van der Waals surface area contributed by atoms with Gasteiger partial charge < -0.3 is 25.6 Å². The second-order valence-corrected chi connectivity index (χ2v) is 9.03. The molecule has 4 heterocycles. The second kappa shape index (κ2) is 9.33. The van der Waals surface area contributed by atoms with Crippen molar-refractivity contribution in [3.05, 3.63) is 54.5 Å². The van der Waals surface area contributed by atoms with E-state index in [1.807, 2.05) is 18.2 Å². The van der Waals surface area contributed by atoms with E-state index in [0.717, 1.165) is 68.1 Å². The maximum atomic E-state index is 13.1. The number of ether oxygens (including phenoxy) is 1. The maximum Gasteiger partial charge on any atom is 0.274 e. The number of hydrogen-bond donors (Lipinski definition) is 2. The molecule has 3 aromatic rings. The van der Waals surface area contributed by atoms with Crippen LogP contribution < -0.4 is 20.9 Å². The lowest BCUT2D eigenvalue weighted by molar-refractivity contribution is 0.102. The molecule has 0 radical (unpaired) electrons. The van der Waals surface area contributed by atoms with Crippen molar-refractivity contribution in [3.63, 3.8) is 0 Å². The van der Waals surface area contributed by atoms with Gasteiger partial charge in [-0.1, -0.05) is 19.1 Å². The highest BCUT2D eigenvalue weighted by molar-refractivity contribution is 6.05. The van der Waals surface area contributed by atoms with Crippen LogP contribution in [-0.4, -0.2) is 61.3 Å².